The van der Waals surface area contributed by atoms with Crippen LogP contribution in [0.15, 0.2) is 93.5 Å². The van der Waals surface area contributed by atoms with Gasteiger partial charge in [-0.25, -0.2) is 0 Å². The molecule has 0 spiro atoms. The van der Waals surface area contributed by atoms with Crippen LogP contribution in [-0.4, -0.2) is 29.9 Å². The fraction of sp³-hybridized carbons (Fsp3) is 0.129. The lowest BCUT2D eigenvalue weighted by Crippen LogP contribution is -2.17. The molecule has 13 heteroatoms. The van der Waals surface area contributed by atoms with Gasteiger partial charge in [0.25, 0.3) is 5.91 Å². The van der Waals surface area contributed by atoms with Gasteiger partial charge in [-0.05, 0) is 36.8 Å². The van der Waals surface area contributed by atoms with Crippen LogP contribution in [-0.2, 0) is 4.79 Å². The summed E-state index contributed by atoms with van der Waals surface area (Å²) in [5.41, 5.74) is 0.986. The number of fused-ring (bicyclic) bond motifs is 1. The number of hydrogen-bond acceptors (Lipinski definition) is 8. The SMILES string of the molecule is O=C(CCCOc1cc(O)c2c(=O)cc(-c3ccccc3)oc2c1)Nc1cc(C(=O)Nc2ccc(OC(F)(F)F)cc2)cs1. The first-order valence-electron chi connectivity index (χ1n) is 13.1. The molecular formula is C31H23F3N2O7S. The van der Waals surface area contributed by atoms with Crippen molar-refractivity contribution in [2.45, 2.75) is 19.2 Å². The number of rotatable bonds is 10. The normalized spacial score (nSPS) is 11.2. The van der Waals surface area contributed by atoms with Gasteiger partial charge in [0.15, 0.2) is 5.43 Å². The number of hydrogen-bond donors (Lipinski definition) is 3. The van der Waals surface area contributed by atoms with Crippen molar-refractivity contribution >= 4 is 44.8 Å². The van der Waals surface area contributed by atoms with Gasteiger partial charge in [-0.15, -0.1) is 24.5 Å². The Kier molecular flexibility index (Phi) is 8.86. The Morgan fingerprint density at radius 1 is 0.932 bits per heavy atom. The molecule has 0 unspecified atom stereocenters. The Balaban J connectivity index is 1.11. The van der Waals surface area contributed by atoms with Gasteiger partial charge < -0.3 is 29.6 Å². The molecular weight excluding hydrogens is 601 g/mol. The lowest BCUT2D eigenvalue weighted by atomic mass is 10.1. The molecule has 0 fully saturated rings. The Hall–Kier alpha value is -5.30. The van der Waals surface area contributed by atoms with E-state index in [0.29, 0.717) is 22.7 Å². The van der Waals surface area contributed by atoms with Crippen molar-refractivity contribution in [2.24, 2.45) is 0 Å². The highest BCUT2D eigenvalue weighted by Gasteiger charge is 2.31. The summed E-state index contributed by atoms with van der Waals surface area (Å²) >= 11 is 1.13. The highest BCUT2D eigenvalue weighted by atomic mass is 32.1. The number of ether oxygens (including phenoxy) is 2. The van der Waals surface area contributed by atoms with Crippen LogP contribution in [0.4, 0.5) is 23.9 Å². The third kappa shape index (κ3) is 7.75. The van der Waals surface area contributed by atoms with Crippen LogP contribution in [0.2, 0.25) is 0 Å². The minimum absolute atomic E-state index is 0.0360. The number of alkyl halides is 3. The maximum atomic E-state index is 12.6. The monoisotopic (exact) mass is 624 g/mol. The smallest absolute Gasteiger partial charge is 0.507 e. The Morgan fingerprint density at radius 2 is 1.68 bits per heavy atom. The van der Waals surface area contributed by atoms with Gasteiger partial charge in [-0.1, -0.05) is 30.3 Å². The maximum Gasteiger partial charge on any atom is 0.573 e. The standard InChI is InChI=1S/C31H23F3N2O7S/c32-31(33,34)43-21-10-8-20(9-11-21)35-30(40)19-13-28(44-17-19)36-27(39)7-4-12-41-22-14-23(37)29-24(38)16-25(42-26(29)15-22)18-5-2-1-3-6-18/h1-3,5-6,8-11,13-17,37H,4,7,12H2,(H,35,40)(H,36,39). The second kappa shape index (κ2) is 12.9. The summed E-state index contributed by atoms with van der Waals surface area (Å²) in [4.78, 5) is 37.5. The van der Waals surface area contributed by atoms with Crippen LogP contribution in [0, 0.1) is 0 Å². The third-order valence-corrected chi connectivity index (χ3v) is 6.97. The zero-order valence-electron chi connectivity index (χ0n) is 22.6. The van der Waals surface area contributed by atoms with Gasteiger partial charge >= 0.3 is 6.36 Å². The van der Waals surface area contributed by atoms with Crippen molar-refractivity contribution in [3.63, 3.8) is 0 Å². The van der Waals surface area contributed by atoms with Crippen molar-refractivity contribution < 1.29 is 41.8 Å². The van der Waals surface area contributed by atoms with E-state index >= 15 is 0 Å². The second-order valence-electron chi connectivity index (χ2n) is 9.38. The summed E-state index contributed by atoms with van der Waals surface area (Å²) in [6.45, 7) is 0.131. The zero-order valence-corrected chi connectivity index (χ0v) is 23.5. The molecule has 2 amide bonds. The Labute approximate surface area is 251 Å². The van der Waals surface area contributed by atoms with Crippen LogP contribution in [0.25, 0.3) is 22.3 Å². The number of carbonyl (C=O) groups excluding carboxylic acids is 2. The molecule has 5 rings (SSSR count). The number of nitrogens with one attached hydrogen (secondary N) is 2. The maximum absolute atomic E-state index is 12.6. The zero-order chi connectivity index (χ0) is 31.3. The van der Waals surface area contributed by atoms with Gasteiger partial charge in [-0.3, -0.25) is 14.4 Å². The number of thiophene rings is 1. The van der Waals surface area contributed by atoms with Gasteiger partial charge in [0.2, 0.25) is 5.91 Å². The number of halogens is 3. The van der Waals surface area contributed by atoms with E-state index in [4.69, 9.17) is 9.15 Å². The molecule has 0 bridgehead atoms. The van der Waals surface area contributed by atoms with Gasteiger partial charge in [0.05, 0.1) is 17.2 Å². The Morgan fingerprint density at radius 3 is 2.41 bits per heavy atom. The average molecular weight is 625 g/mol. The lowest BCUT2D eigenvalue weighted by Gasteiger charge is -2.09. The number of aromatic hydroxyl groups is 1. The van der Waals surface area contributed by atoms with E-state index in [1.54, 1.807) is 12.1 Å². The number of amides is 2. The first kappa shape index (κ1) is 30.2. The van der Waals surface area contributed by atoms with E-state index in [0.717, 1.165) is 23.5 Å². The van der Waals surface area contributed by atoms with E-state index in [2.05, 4.69) is 15.4 Å². The van der Waals surface area contributed by atoms with Crippen LogP contribution in [0.3, 0.4) is 0 Å². The van der Waals surface area contributed by atoms with E-state index in [9.17, 15) is 32.7 Å². The molecule has 0 saturated carbocycles. The highest BCUT2D eigenvalue weighted by molar-refractivity contribution is 7.14. The molecule has 2 aromatic heterocycles. The van der Waals surface area contributed by atoms with Gasteiger partial charge in [-0.2, -0.15) is 0 Å². The predicted octanol–water partition coefficient (Wildman–Crippen LogP) is 7.18. The number of benzene rings is 3. The highest BCUT2D eigenvalue weighted by Crippen LogP contribution is 2.31. The van der Waals surface area contributed by atoms with Crippen molar-refractivity contribution in [3.05, 3.63) is 100 Å². The molecule has 0 saturated heterocycles. The fourth-order valence-electron chi connectivity index (χ4n) is 4.16. The average Bonchev–Trinajstić information content (AvgIpc) is 3.44. The van der Waals surface area contributed by atoms with E-state index in [1.165, 1.54) is 41.8 Å². The van der Waals surface area contributed by atoms with Crippen molar-refractivity contribution in [2.75, 3.05) is 17.2 Å². The lowest BCUT2D eigenvalue weighted by molar-refractivity contribution is -0.274. The third-order valence-electron chi connectivity index (χ3n) is 6.13. The summed E-state index contributed by atoms with van der Waals surface area (Å²) in [7, 11) is 0. The van der Waals surface area contributed by atoms with E-state index in [-0.39, 0.29) is 52.7 Å². The second-order valence-corrected chi connectivity index (χ2v) is 10.3. The predicted molar refractivity (Wildman–Crippen MR) is 158 cm³/mol. The molecule has 5 aromatic rings. The van der Waals surface area contributed by atoms with Crippen molar-refractivity contribution in [3.8, 4) is 28.6 Å². The number of carbonyl (C=O) groups is 2. The molecule has 226 valence electrons. The largest absolute Gasteiger partial charge is 0.573 e. The van der Waals surface area contributed by atoms with Gasteiger partial charge in [0.1, 0.15) is 34.0 Å². The molecule has 0 aliphatic rings. The van der Waals surface area contributed by atoms with Crippen LogP contribution < -0.4 is 25.5 Å². The summed E-state index contributed by atoms with van der Waals surface area (Å²) in [6, 6.07) is 19.4. The molecule has 3 aromatic carbocycles. The first-order chi connectivity index (χ1) is 21.0. The van der Waals surface area contributed by atoms with E-state index < -0.39 is 23.4 Å². The summed E-state index contributed by atoms with van der Waals surface area (Å²) in [5, 5.41) is 17.7. The topological polar surface area (TPSA) is 127 Å². The van der Waals surface area contributed by atoms with E-state index in [1.807, 2.05) is 18.2 Å². The van der Waals surface area contributed by atoms with Gasteiger partial charge in [0, 0.05) is 41.3 Å². The quantitative estimate of drug-likeness (QED) is 0.141. The molecule has 0 aliphatic carbocycles. The molecule has 2 heterocycles. The molecule has 44 heavy (non-hydrogen) atoms. The fourth-order valence-corrected chi connectivity index (χ4v) is 4.96. The Bertz CT molecular complexity index is 1850. The number of phenolic OH excluding ortho intramolecular Hbond substituents is 1. The van der Waals surface area contributed by atoms with Crippen LogP contribution >= 0.6 is 11.3 Å². The first-order valence-corrected chi connectivity index (χ1v) is 14.0. The summed E-state index contributed by atoms with van der Waals surface area (Å²) in [6.07, 6.45) is -4.39. The van der Waals surface area contributed by atoms with Crippen molar-refractivity contribution in [1.82, 2.24) is 0 Å². The molecule has 0 atom stereocenters. The summed E-state index contributed by atoms with van der Waals surface area (Å²) < 4.78 is 52.3. The van der Waals surface area contributed by atoms with Crippen LogP contribution in [0.5, 0.6) is 17.2 Å². The minimum Gasteiger partial charge on any atom is -0.507 e. The molecule has 0 radical (unpaired) electrons. The van der Waals surface area contributed by atoms with Crippen LogP contribution in [0.1, 0.15) is 23.2 Å². The minimum atomic E-state index is -4.81. The molecule has 3 N–H and O–H groups in total. The van der Waals surface area contributed by atoms with Crippen molar-refractivity contribution in [1.29, 1.82) is 0 Å². The molecule has 9 nitrogen and oxygen atoms in total. The molecule has 0 aliphatic heterocycles. The number of anilines is 2. The number of phenols is 1. The summed E-state index contributed by atoms with van der Waals surface area (Å²) in [5.74, 6) is -0.914.